The summed E-state index contributed by atoms with van der Waals surface area (Å²) in [5, 5.41) is 3.91. The lowest BCUT2D eigenvalue weighted by atomic mass is 10.2. The molecule has 0 aromatic heterocycles. The van der Waals surface area contributed by atoms with Gasteiger partial charge >= 0.3 is 0 Å². The Balaban J connectivity index is 2.15. The maximum Gasteiger partial charge on any atom is 0.142 e. The van der Waals surface area contributed by atoms with Gasteiger partial charge in [-0.15, -0.1) is 0 Å². The van der Waals surface area contributed by atoms with Crippen LogP contribution in [0, 0.1) is 0 Å². The maximum atomic E-state index is 6.26. The molecule has 2 aromatic rings. The molecule has 0 bridgehead atoms. The number of nitrogens with one attached hydrogen (secondary N) is 1. The van der Waals surface area contributed by atoms with E-state index in [9.17, 15) is 0 Å². The van der Waals surface area contributed by atoms with Gasteiger partial charge in [0.1, 0.15) is 18.1 Å². The molecule has 21 heavy (non-hydrogen) atoms. The predicted molar refractivity (Wildman–Crippen MR) is 86.2 cm³/mol. The SMILES string of the molecule is CCNCc1cccc(Cl)c1OCc1ccccc1OC. The normalized spacial score (nSPS) is 10.4. The summed E-state index contributed by atoms with van der Waals surface area (Å²) in [6.45, 7) is 4.13. The van der Waals surface area contributed by atoms with Gasteiger partial charge in [0, 0.05) is 17.7 Å². The van der Waals surface area contributed by atoms with Gasteiger partial charge in [-0.2, -0.15) is 0 Å². The van der Waals surface area contributed by atoms with E-state index in [4.69, 9.17) is 21.1 Å². The number of hydrogen-bond donors (Lipinski definition) is 1. The van der Waals surface area contributed by atoms with Crippen molar-refractivity contribution in [2.45, 2.75) is 20.1 Å². The number of hydrogen-bond acceptors (Lipinski definition) is 3. The number of benzene rings is 2. The Labute approximate surface area is 130 Å². The second kappa shape index (κ2) is 7.91. The summed E-state index contributed by atoms with van der Waals surface area (Å²) in [5.74, 6) is 1.55. The van der Waals surface area contributed by atoms with Crippen molar-refractivity contribution in [3.63, 3.8) is 0 Å². The fourth-order valence-electron chi connectivity index (χ4n) is 2.09. The molecule has 2 rings (SSSR count). The summed E-state index contributed by atoms with van der Waals surface area (Å²) >= 11 is 6.26. The topological polar surface area (TPSA) is 30.5 Å². The van der Waals surface area contributed by atoms with Gasteiger partial charge in [-0.3, -0.25) is 0 Å². The molecule has 112 valence electrons. The average Bonchev–Trinajstić information content (AvgIpc) is 2.52. The van der Waals surface area contributed by atoms with E-state index in [-0.39, 0.29) is 0 Å². The highest BCUT2D eigenvalue weighted by molar-refractivity contribution is 6.32. The fraction of sp³-hybridized carbons (Fsp3) is 0.294. The fourth-order valence-corrected chi connectivity index (χ4v) is 2.33. The summed E-state index contributed by atoms with van der Waals surface area (Å²) in [7, 11) is 1.66. The highest BCUT2D eigenvalue weighted by Crippen LogP contribution is 2.30. The summed E-state index contributed by atoms with van der Waals surface area (Å²) in [5.41, 5.74) is 2.05. The van der Waals surface area contributed by atoms with Crippen molar-refractivity contribution in [3.8, 4) is 11.5 Å². The first kappa shape index (κ1) is 15.7. The van der Waals surface area contributed by atoms with Crippen molar-refractivity contribution in [2.75, 3.05) is 13.7 Å². The van der Waals surface area contributed by atoms with Crippen molar-refractivity contribution in [1.29, 1.82) is 0 Å². The van der Waals surface area contributed by atoms with Crippen LogP contribution in [0.2, 0.25) is 5.02 Å². The standard InChI is InChI=1S/C17H20ClNO2/c1-3-19-11-13-8-6-9-15(18)17(13)21-12-14-7-4-5-10-16(14)20-2/h4-10,19H,3,11-12H2,1-2H3. The molecular weight excluding hydrogens is 286 g/mol. The van der Waals surface area contributed by atoms with Crippen LogP contribution < -0.4 is 14.8 Å². The minimum Gasteiger partial charge on any atom is -0.496 e. The minimum absolute atomic E-state index is 0.423. The number of ether oxygens (including phenoxy) is 2. The summed E-state index contributed by atoms with van der Waals surface area (Å²) in [6, 6.07) is 13.6. The number of rotatable bonds is 7. The van der Waals surface area contributed by atoms with Gasteiger partial charge in [0.25, 0.3) is 0 Å². The van der Waals surface area contributed by atoms with E-state index in [0.717, 1.165) is 35.7 Å². The van der Waals surface area contributed by atoms with E-state index in [1.165, 1.54) is 0 Å². The van der Waals surface area contributed by atoms with E-state index >= 15 is 0 Å². The molecular formula is C17H20ClNO2. The van der Waals surface area contributed by atoms with Crippen LogP contribution in [0.15, 0.2) is 42.5 Å². The van der Waals surface area contributed by atoms with Crippen molar-refractivity contribution < 1.29 is 9.47 Å². The Morgan fingerprint density at radius 3 is 2.57 bits per heavy atom. The molecule has 0 saturated carbocycles. The van der Waals surface area contributed by atoms with Gasteiger partial charge in [0.2, 0.25) is 0 Å². The molecule has 0 amide bonds. The van der Waals surface area contributed by atoms with E-state index < -0.39 is 0 Å². The van der Waals surface area contributed by atoms with Gasteiger partial charge in [0.15, 0.2) is 0 Å². The van der Waals surface area contributed by atoms with Gasteiger partial charge in [-0.1, -0.05) is 48.9 Å². The van der Waals surface area contributed by atoms with E-state index in [1.807, 2.05) is 42.5 Å². The second-order valence-electron chi connectivity index (χ2n) is 4.61. The summed E-state index contributed by atoms with van der Waals surface area (Å²) in [4.78, 5) is 0. The van der Waals surface area contributed by atoms with Gasteiger partial charge in [0.05, 0.1) is 12.1 Å². The molecule has 4 heteroatoms. The zero-order valence-corrected chi connectivity index (χ0v) is 13.1. The minimum atomic E-state index is 0.423. The zero-order chi connectivity index (χ0) is 15.1. The van der Waals surface area contributed by atoms with Crippen LogP contribution in [0.1, 0.15) is 18.1 Å². The van der Waals surface area contributed by atoms with Crippen LogP contribution in [0.5, 0.6) is 11.5 Å². The van der Waals surface area contributed by atoms with Crippen molar-refractivity contribution in [3.05, 3.63) is 58.6 Å². The van der Waals surface area contributed by atoms with Gasteiger partial charge in [-0.25, -0.2) is 0 Å². The molecule has 2 aromatic carbocycles. The first-order valence-corrected chi connectivity index (χ1v) is 7.36. The lowest BCUT2D eigenvalue weighted by molar-refractivity contribution is 0.293. The first-order valence-electron chi connectivity index (χ1n) is 6.99. The largest absolute Gasteiger partial charge is 0.496 e. The number of methoxy groups -OCH3 is 1. The Bertz CT molecular complexity index is 587. The van der Waals surface area contributed by atoms with E-state index in [0.29, 0.717) is 11.6 Å². The third-order valence-electron chi connectivity index (χ3n) is 3.18. The van der Waals surface area contributed by atoms with Crippen LogP contribution in [0.3, 0.4) is 0 Å². The predicted octanol–water partition coefficient (Wildman–Crippen LogP) is 4.04. The lowest BCUT2D eigenvalue weighted by Crippen LogP contribution is -2.13. The lowest BCUT2D eigenvalue weighted by Gasteiger charge is -2.15. The maximum absolute atomic E-state index is 6.26. The molecule has 0 radical (unpaired) electrons. The van der Waals surface area contributed by atoms with Gasteiger partial charge < -0.3 is 14.8 Å². The molecule has 0 aliphatic carbocycles. The first-order chi connectivity index (χ1) is 10.3. The van der Waals surface area contributed by atoms with Crippen LogP contribution >= 0.6 is 11.6 Å². The Kier molecular flexibility index (Phi) is 5.90. The van der Waals surface area contributed by atoms with Gasteiger partial charge in [-0.05, 0) is 18.7 Å². The molecule has 0 aliphatic heterocycles. The number of halogens is 1. The third-order valence-corrected chi connectivity index (χ3v) is 3.48. The molecule has 0 unspecified atom stereocenters. The summed E-state index contributed by atoms with van der Waals surface area (Å²) in [6.07, 6.45) is 0. The molecule has 0 fully saturated rings. The van der Waals surface area contributed by atoms with Crippen LogP contribution in [-0.4, -0.2) is 13.7 Å². The smallest absolute Gasteiger partial charge is 0.142 e. The zero-order valence-electron chi connectivity index (χ0n) is 12.4. The van der Waals surface area contributed by atoms with Crippen molar-refractivity contribution >= 4 is 11.6 Å². The Hall–Kier alpha value is -1.71. The third kappa shape index (κ3) is 4.13. The molecule has 1 N–H and O–H groups in total. The highest BCUT2D eigenvalue weighted by atomic mass is 35.5. The molecule has 0 heterocycles. The Morgan fingerprint density at radius 2 is 1.81 bits per heavy atom. The monoisotopic (exact) mass is 305 g/mol. The second-order valence-corrected chi connectivity index (χ2v) is 5.02. The van der Waals surface area contributed by atoms with Crippen molar-refractivity contribution in [1.82, 2.24) is 5.32 Å². The Morgan fingerprint density at radius 1 is 1.05 bits per heavy atom. The van der Waals surface area contributed by atoms with E-state index in [2.05, 4.69) is 12.2 Å². The van der Waals surface area contributed by atoms with Crippen molar-refractivity contribution in [2.24, 2.45) is 0 Å². The van der Waals surface area contributed by atoms with Crippen LogP contribution in [0.4, 0.5) is 0 Å². The molecule has 0 atom stereocenters. The van der Waals surface area contributed by atoms with Crippen LogP contribution in [0.25, 0.3) is 0 Å². The highest BCUT2D eigenvalue weighted by Gasteiger charge is 2.10. The molecule has 0 saturated heterocycles. The summed E-state index contributed by atoms with van der Waals surface area (Å²) < 4.78 is 11.3. The molecule has 0 spiro atoms. The quantitative estimate of drug-likeness (QED) is 0.837. The van der Waals surface area contributed by atoms with Crippen LogP contribution in [-0.2, 0) is 13.2 Å². The molecule has 0 aliphatic rings. The average molecular weight is 306 g/mol. The molecule has 3 nitrogen and oxygen atoms in total. The number of para-hydroxylation sites is 2. The van der Waals surface area contributed by atoms with E-state index in [1.54, 1.807) is 7.11 Å².